The molecule has 0 aromatic carbocycles. The summed E-state index contributed by atoms with van der Waals surface area (Å²) in [6.45, 7) is 2.82. The summed E-state index contributed by atoms with van der Waals surface area (Å²) in [7, 11) is 0. The summed E-state index contributed by atoms with van der Waals surface area (Å²) in [5.41, 5.74) is 2.44. The lowest BCUT2D eigenvalue weighted by molar-refractivity contribution is 0.984. The second kappa shape index (κ2) is 5.41. The third-order valence-electron chi connectivity index (χ3n) is 2.21. The normalized spacial score (nSPS) is 9.88. The van der Waals surface area contributed by atoms with Crippen molar-refractivity contribution in [3.05, 3.63) is 40.1 Å². The highest BCUT2D eigenvalue weighted by Crippen LogP contribution is 2.10. The summed E-state index contributed by atoms with van der Waals surface area (Å²) in [4.78, 5) is 8.38. The highest BCUT2D eigenvalue weighted by atomic mass is 32.1. The van der Waals surface area contributed by atoms with Crippen LogP contribution < -0.4 is 5.32 Å². The number of hydrogen-bond acceptors (Lipinski definition) is 5. The Morgan fingerprint density at radius 3 is 2.94 bits per heavy atom. The largest absolute Gasteiger partial charge is 0.383 e. The molecule has 0 radical (unpaired) electrons. The molecule has 17 heavy (non-hydrogen) atoms. The molecule has 0 aliphatic rings. The number of nitrogens with zero attached hydrogens (tertiary/aromatic N) is 3. The van der Waals surface area contributed by atoms with Gasteiger partial charge < -0.3 is 5.32 Å². The monoisotopic (exact) mass is 244 g/mol. The van der Waals surface area contributed by atoms with Crippen molar-refractivity contribution < 1.29 is 0 Å². The van der Waals surface area contributed by atoms with E-state index in [1.807, 2.05) is 19.1 Å². The van der Waals surface area contributed by atoms with E-state index in [0.29, 0.717) is 5.69 Å². The van der Waals surface area contributed by atoms with Gasteiger partial charge in [-0.25, -0.2) is 9.97 Å². The molecule has 4 nitrogen and oxygen atoms in total. The molecule has 2 rings (SSSR count). The molecule has 0 bridgehead atoms. The Labute approximate surface area is 104 Å². The fourth-order valence-electron chi connectivity index (χ4n) is 1.40. The molecule has 1 N–H and O–H groups in total. The smallest absolute Gasteiger partial charge is 0.140 e. The van der Waals surface area contributed by atoms with Crippen molar-refractivity contribution >= 4 is 17.0 Å². The molecule has 0 spiro atoms. The Balaban J connectivity index is 1.84. The van der Waals surface area contributed by atoms with Crippen LogP contribution in [0, 0.1) is 18.3 Å². The molecule has 0 unspecified atom stereocenters. The van der Waals surface area contributed by atoms with Gasteiger partial charge in [0.15, 0.2) is 0 Å². The summed E-state index contributed by atoms with van der Waals surface area (Å²) in [6, 6.07) is 5.56. The lowest BCUT2D eigenvalue weighted by atomic mass is 10.3. The van der Waals surface area contributed by atoms with E-state index in [0.717, 1.165) is 29.4 Å². The van der Waals surface area contributed by atoms with Gasteiger partial charge in [0.2, 0.25) is 0 Å². The maximum atomic E-state index is 8.62. The Bertz CT molecular complexity index is 524. The fourth-order valence-corrected chi connectivity index (χ4v) is 2.17. The van der Waals surface area contributed by atoms with E-state index < -0.39 is 0 Å². The zero-order valence-electron chi connectivity index (χ0n) is 9.47. The van der Waals surface area contributed by atoms with E-state index >= 15 is 0 Å². The number of aryl methyl sites for hydroxylation is 1. The van der Waals surface area contributed by atoms with Crippen LogP contribution in [0.4, 0.5) is 5.69 Å². The van der Waals surface area contributed by atoms with Gasteiger partial charge in [-0.3, -0.25) is 0 Å². The van der Waals surface area contributed by atoms with Gasteiger partial charge in [0.25, 0.3) is 0 Å². The van der Waals surface area contributed by atoms with Crippen LogP contribution >= 0.6 is 11.3 Å². The first kappa shape index (κ1) is 11.6. The highest BCUT2D eigenvalue weighted by molar-refractivity contribution is 7.09. The van der Waals surface area contributed by atoms with Crippen LogP contribution in [0.5, 0.6) is 0 Å². The van der Waals surface area contributed by atoms with Crippen LogP contribution in [0.3, 0.4) is 0 Å². The van der Waals surface area contributed by atoms with Crippen LogP contribution in [0.25, 0.3) is 0 Å². The highest BCUT2D eigenvalue weighted by Gasteiger charge is 1.99. The van der Waals surface area contributed by atoms with Crippen LogP contribution in [0.2, 0.25) is 0 Å². The minimum atomic E-state index is 0.436. The zero-order valence-corrected chi connectivity index (χ0v) is 10.3. The number of rotatable bonds is 4. The van der Waals surface area contributed by atoms with Crippen molar-refractivity contribution in [1.82, 2.24) is 9.97 Å². The summed E-state index contributed by atoms with van der Waals surface area (Å²) in [5, 5.41) is 15.1. The molecule has 86 valence electrons. The zero-order chi connectivity index (χ0) is 12.1. The Hall–Kier alpha value is -1.93. The number of thiazole rings is 1. The van der Waals surface area contributed by atoms with Crippen LogP contribution in [0.1, 0.15) is 16.4 Å². The molecule has 0 aliphatic carbocycles. The average Bonchev–Trinajstić information content (AvgIpc) is 2.76. The molecule has 0 atom stereocenters. The molecule has 2 aromatic rings. The first-order chi connectivity index (χ1) is 8.28. The predicted molar refractivity (Wildman–Crippen MR) is 68.0 cm³/mol. The molecule has 0 saturated carbocycles. The minimum Gasteiger partial charge on any atom is -0.383 e. The molecular formula is C12H12N4S. The van der Waals surface area contributed by atoms with Gasteiger partial charge in [-0.1, -0.05) is 0 Å². The Kier molecular flexibility index (Phi) is 3.68. The maximum absolute atomic E-state index is 8.62. The van der Waals surface area contributed by atoms with Crippen molar-refractivity contribution in [1.29, 1.82) is 5.26 Å². The van der Waals surface area contributed by atoms with E-state index in [1.165, 1.54) is 0 Å². The average molecular weight is 244 g/mol. The Morgan fingerprint density at radius 2 is 2.35 bits per heavy atom. The van der Waals surface area contributed by atoms with Gasteiger partial charge in [0, 0.05) is 24.0 Å². The van der Waals surface area contributed by atoms with Gasteiger partial charge in [-0.05, 0) is 19.1 Å². The standard InChI is InChI=1S/C12H12N4S/c1-9-8-17-12(16-9)4-5-14-11-3-2-10(6-13)15-7-11/h2-3,7-8,14H,4-5H2,1H3. The van der Waals surface area contributed by atoms with E-state index in [4.69, 9.17) is 5.26 Å². The van der Waals surface area contributed by atoms with E-state index in [9.17, 15) is 0 Å². The number of pyridine rings is 1. The number of hydrogen-bond donors (Lipinski definition) is 1. The predicted octanol–water partition coefficient (Wildman–Crippen LogP) is 2.37. The van der Waals surface area contributed by atoms with Gasteiger partial charge in [0.1, 0.15) is 11.8 Å². The summed E-state index contributed by atoms with van der Waals surface area (Å²) < 4.78 is 0. The molecule has 5 heteroatoms. The van der Waals surface area contributed by atoms with Gasteiger partial charge in [0.05, 0.1) is 16.9 Å². The molecule has 0 fully saturated rings. The second-order valence-electron chi connectivity index (χ2n) is 3.60. The van der Waals surface area contributed by atoms with E-state index in [1.54, 1.807) is 23.6 Å². The first-order valence-corrected chi connectivity index (χ1v) is 6.17. The first-order valence-electron chi connectivity index (χ1n) is 5.29. The van der Waals surface area contributed by atoms with Gasteiger partial charge in [-0.15, -0.1) is 11.3 Å². The molecule has 0 saturated heterocycles. The van der Waals surface area contributed by atoms with E-state index in [-0.39, 0.29) is 0 Å². The van der Waals surface area contributed by atoms with Crippen molar-refractivity contribution in [2.45, 2.75) is 13.3 Å². The molecule has 2 heterocycles. The van der Waals surface area contributed by atoms with Crippen LogP contribution in [-0.4, -0.2) is 16.5 Å². The van der Waals surface area contributed by atoms with Gasteiger partial charge in [-0.2, -0.15) is 5.26 Å². The third-order valence-corrected chi connectivity index (χ3v) is 3.24. The van der Waals surface area contributed by atoms with E-state index in [2.05, 4.69) is 20.7 Å². The maximum Gasteiger partial charge on any atom is 0.140 e. The number of anilines is 1. The topological polar surface area (TPSA) is 61.6 Å². The van der Waals surface area contributed by atoms with Crippen LogP contribution in [-0.2, 0) is 6.42 Å². The lowest BCUT2D eigenvalue weighted by Gasteiger charge is -2.03. The summed E-state index contributed by atoms with van der Waals surface area (Å²) in [6.07, 6.45) is 2.57. The molecular weight excluding hydrogens is 232 g/mol. The number of aromatic nitrogens is 2. The van der Waals surface area contributed by atoms with Crippen molar-refractivity contribution in [3.8, 4) is 6.07 Å². The van der Waals surface area contributed by atoms with Crippen molar-refractivity contribution in [2.75, 3.05) is 11.9 Å². The Morgan fingerprint density at radius 1 is 1.47 bits per heavy atom. The van der Waals surface area contributed by atoms with Crippen molar-refractivity contribution in [2.24, 2.45) is 0 Å². The summed E-state index contributed by atoms with van der Waals surface area (Å²) in [5.74, 6) is 0. The summed E-state index contributed by atoms with van der Waals surface area (Å²) >= 11 is 1.68. The van der Waals surface area contributed by atoms with Crippen LogP contribution in [0.15, 0.2) is 23.7 Å². The lowest BCUT2D eigenvalue weighted by Crippen LogP contribution is -2.05. The minimum absolute atomic E-state index is 0.436. The quantitative estimate of drug-likeness (QED) is 0.897. The fraction of sp³-hybridized carbons (Fsp3) is 0.250. The molecule has 2 aromatic heterocycles. The molecule has 0 amide bonds. The van der Waals surface area contributed by atoms with Gasteiger partial charge >= 0.3 is 0 Å². The SMILES string of the molecule is Cc1csc(CCNc2ccc(C#N)nc2)n1. The van der Waals surface area contributed by atoms with Crippen molar-refractivity contribution in [3.63, 3.8) is 0 Å². The number of nitrogens with one attached hydrogen (secondary N) is 1. The third kappa shape index (κ3) is 3.26. The number of nitriles is 1. The molecule has 0 aliphatic heterocycles. The second-order valence-corrected chi connectivity index (χ2v) is 4.55.